The molecule has 7 heteroatoms. The van der Waals surface area contributed by atoms with Gasteiger partial charge in [-0.3, -0.25) is 9.20 Å². The third-order valence-corrected chi connectivity index (χ3v) is 5.01. The lowest BCUT2D eigenvalue weighted by atomic mass is 10.3. The van der Waals surface area contributed by atoms with E-state index >= 15 is 0 Å². The van der Waals surface area contributed by atoms with Crippen molar-refractivity contribution in [3.05, 3.63) is 81.5 Å². The van der Waals surface area contributed by atoms with Crippen LogP contribution in [0.1, 0.15) is 22.9 Å². The number of rotatable bonds is 6. The van der Waals surface area contributed by atoms with Gasteiger partial charge < -0.3 is 13.7 Å². The fraction of sp³-hybridized carbons (Fsp3) is 0.222. The number of aryl methyl sites for hydroxylation is 1. The van der Waals surface area contributed by atoms with Gasteiger partial charge in [-0.1, -0.05) is 0 Å². The van der Waals surface area contributed by atoms with Crippen molar-refractivity contribution >= 4 is 16.3 Å². The number of aromatic nitrogens is 2. The molecule has 4 aromatic heterocycles. The molecule has 0 bridgehead atoms. The van der Waals surface area contributed by atoms with Crippen molar-refractivity contribution in [3.8, 4) is 0 Å². The molecule has 0 aliphatic rings. The van der Waals surface area contributed by atoms with Crippen molar-refractivity contribution in [2.75, 3.05) is 0 Å². The molecule has 0 aromatic carbocycles. The van der Waals surface area contributed by atoms with Crippen LogP contribution in [-0.2, 0) is 19.6 Å². The van der Waals surface area contributed by atoms with Crippen LogP contribution < -0.4 is 10.5 Å². The van der Waals surface area contributed by atoms with Crippen LogP contribution >= 0.6 is 11.3 Å². The molecule has 0 saturated carbocycles. The van der Waals surface area contributed by atoms with E-state index in [2.05, 4.69) is 4.98 Å². The van der Waals surface area contributed by atoms with E-state index in [-0.39, 0.29) is 5.56 Å². The molecule has 0 spiro atoms. The van der Waals surface area contributed by atoms with Crippen molar-refractivity contribution < 1.29 is 13.7 Å². The van der Waals surface area contributed by atoms with E-state index in [1.54, 1.807) is 23.0 Å². The molecule has 0 amide bonds. The van der Waals surface area contributed by atoms with Gasteiger partial charge in [-0.25, -0.2) is 4.98 Å². The van der Waals surface area contributed by atoms with Crippen LogP contribution in [0.4, 0.5) is 0 Å². The molecule has 0 aliphatic heterocycles. The lowest BCUT2D eigenvalue weighted by molar-refractivity contribution is -0.943. The second kappa shape index (κ2) is 6.70. The summed E-state index contributed by atoms with van der Waals surface area (Å²) >= 11 is 1.49. The average molecular weight is 356 g/mol. The Balaban J connectivity index is 1.62. The maximum absolute atomic E-state index is 12.4. The van der Waals surface area contributed by atoms with E-state index in [0.29, 0.717) is 19.6 Å². The highest BCUT2D eigenvalue weighted by atomic mass is 32.1. The zero-order valence-corrected chi connectivity index (χ0v) is 14.6. The van der Waals surface area contributed by atoms with E-state index < -0.39 is 0 Å². The number of hydrogen-bond acceptors (Lipinski definition) is 5. The second-order valence-corrected chi connectivity index (χ2v) is 6.86. The minimum Gasteiger partial charge on any atom is -0.463 e. The Kier molecular flexibility index (Phi) is 4.25. The Labute approximate surface area is 148 Å². The molecule has 0 aliphatic carbocycles. The van der Waals surface area contributed by atoms with Crippen molar-refractivity contribution in [1.29, 1.82) is 0 Å². The van der Waals surface area contributed by atoms with E-state index in [1.165, 1.54) is 16.2 Å². The van der Waals surface area contributed by atoms with Gasteiger partial charge in [0.15, 0.2) is 16.5 Å². The molecule has 0 atom stereocenters. The molecule has 4 rings (SSSR count). The average Bonchev–Trinajstić information content (AvgIpc) is 3.31. The number of hydrogen-bond donors (Lipinski definition) is 1. The van der Waals surface area contributed by atoms with Gasteiger partial charge in [0.05, 0.1) is 12.5 Å². The summed E-state index contributed by atoms with van der Waals surface area (Å²) in [6.45, 7) is 3.91. The number of nitrogens with one attached hydrogen (secondary N) is 1. The predicted octanol–water partition coefficient (Wildman–Crippen LogP) is 2.04. The maximum Gasteiger partial charge on any atom is 0.259 e. The lowest BCUT2D eigenvalue weighted by Crippen LogP contribution is -3.08. The molecule has 6 nitrogen and oxygen atoms in total. The van der Waals surface area contributed by atoms with Crippen LogP contribution in [0, 0.1) is 6.92 Å². The Morgan fingerprint density at radius 1 is 1.12 bits per heavy atom. The van der Waals surface area contributed by atoms with Gasteiger partial charge in [0.2, 0.25) is 0 Å². The van der Waals surface area contributed by atoms with Gasteiger partial charge in [-0.2, -0.15) is 0 Å². The molecule has 4 heterocycles. The number of furan rings is 2. The highest BCUT2D eigenvalue weighted by Crippen LogP contribution is 2.11. The summed E-state index contributed by atoms with van der Waals surface area (Å²) < 4.78 is 12.6. The second-order valence-electron chi connectivity index (χ2n) is 6.02. The zero-order valence-electron chi connectivity index (χ0n) is 13.8. The summed E-state index contributed by atoms with van der Waals surface area (Å²) in [5.74, 6) is 1.79. The maximum atomic E-state index is 12.4. The highest BCUT2D eigenvalue weighted by Gasteiger charge is 2.17. The molecular formula is C18H18N3O3S+. The summed E-state index contributed by atoms with van der Waals surface area (Å²) in [6.07, 6.45) is 3.34. The van der Waals surface area contributed by atoms with Crippen LogP contribution in [-0.4, -0.2) is 9.38 Å². The first-order chi connectivity index (χ1) is 12.2. The quantitative estimate of drug-likeness (QED) is 0.574. The van der Waals surface area contributed by atoms with E-state index in [4.69, 9.17) is 8.83 Å². The Morgan fingerprint density at radius 3 is 2.40 bits per heavy atom. The van der Waals surface area contributed by atoms with Crippen molar-refractivity contribution in [3.63, 3.8) is 0 Å². The van der Waals surface area contributed by atoms with E-state index in [9.17, 15) is 4.79 Å². The van der Waals surface area contributed by atoms with E-state index in [1.807, 2.05) is 36.6 Å². The number of nitrogens with zero attached hydrogens (tertiary/aromatic N) is 2. The molecule has 0 saturated heterocycles. The molecule has 0 unspecified atom stereocenters. The van der Waals surface area contributed by atoms with Gasteiger partial charge in [0.1, 0.15) is 25.3 Å². The Morgan fingerprint density at radius 2 is 1.80 bits per heavy atom. The molecule has 0 radical (unpaired) electrons. The molecule has 25 heavy (non-hydrogen) atoms. The molecule has 4 aromatic rings. The molecule has 0 fully saturated rings. The zero-order chi connectivity index (χ0) is 17.2. The van der Waals surface area contributed by atoms with Crippen LogP contribution in [0.3, 0.4) is 0 Å². The Hall–Kier alpha value is -2.64. The summed E-state index contributed by atoms with van der Waals surface area (Å²) in [5.41, 5.74) is 1.66. The summed E-state index contributed by atoms with van der Waals surface area (Å²) in [4.78, 5) is 19.0. The van der Waals surface area contributed by atoms with Crippen molar-refractivity contribution in [2.24, 2.45) is 0 Å². The standard InChI is InChI=1S/C18H17N3O3S/c1-13-12-25-18-19-14(8-17(22)21(13)18)9-20(10-15-4-2-6-23-15)11-16-5-3-7-24-16/h2-8,12H,9-11H2,1H3/p+1. The van der Waals surface area contributed by atoms with Crippen LogP contribution in [0.15, 0.2) is 61.9 Å². The first-order valence-corrected chi connectivity index (χ1v) is 8.92. The first-order valence-electron chi connectivity index (χ1n) is 8.04. The van der Waals surface area contributed by atoms with Gasteiger partial charge in [0, 0.05) is 17.1 Å². The van der Waals surface area contributed by atoms with Crippen molar-refractivity contribution in [2.45, 2.75) is 26.6 Å². The number of thiazole rings is 1. The molecule has 128 valence electrons. The number of fused-ring (bicyclic) bond motifs is 1. The normalized spacial score (nSPS) is 11.6. The fourth-order valence-electron chi connectivity index (χ4n) is 2.95. The fourth-order valence-corrected chi connectivity index (χ4v) is 3.84. The van der Waals surface area contributed by atoms with Gasteiger partial charge in [0.25, 0.3) is 5.56 Å². The monoisotopic (exact) mass is 356 g/mol. The minimum absolute atomic E-state index is 0.0332. The third-order valence-electron chi connectivity index (χ3n) is 4.07. The Bertz CT molecular complexity index is 980. The van der Waals surface area contributed by atoms with E-state index in [0.717, 1.165) is 27.9 Å². The van der Waals surface area contributed by atoms with Crippen LogP contribution in [0.25, 0.3) is 4.96 Å². The lowest BCUT2D eigenvalue weighted by Gasteiger charge is -2.17. The number of quaternary nitrogens is 1. The SMILES string of the molecule is Cc1csc2nc(C[NH+](Cc3ccco3)Cc3ccco3)cc(=O)n12. The van der Waals surface area contributed by atoms with Gasteiger partial charge >= 0.3 is 0 Å². The van der Waals surface area contributed by atoms with Gasteiger partial charge in [-0.05, 0) is 31.2 Å². The van der Waals surface area contributed by atoms with Crippen molar-refractivity contribution in [1.82, 2.24) is 9.38 Å². The summed E-state index contributed by atoms with van der Waals surface area (Å²) in [6, 6.07) is 9.29. The minimum atomic E-state index is -0.0332. The van der Waals surface area contributed by atoms with Crippen LogP contribution in [0.2, 0.25) is 0 Å². The first kappa shape index (κ1) is 15.9. The largest absolute Gasteiger partial charge is 0.463 e. The van der Waals surface area contributed by atoms with Crippen LogP contribution in [0.5, 0.6) is 0 Å². The predicted molar refractivity (Wildman–Crippen MR) is 93.6 cm³/mol. The third kappa shape index (κ3) is 3.42. The smallest absolute Gasteiger partial charge is 0.259 e. The van der Waals surface area contributed by atoms with Gasteiger partial charge in [-0.15, -0.1) is 11.3 Å². The summed E-state index contributed by atoms with van der Waals surface area (Å²) in [5, 5.41) is 1.95. The highest BCUT2D eigenvalue weighted by molar-refractivity contribution is 7.15. The molecule has 1 N–H and O–H groups in total. The molecular weight excluding hydrogens is 338 g/mol. The topological polar surface area (TPSA) is 65.1 Å². The summed E-state index contributed by atoms with van der Waals surface area (Å²) in [7, 11) is 0.